The van der Waals surface area contributed by atoms with Crippen LogP contribution in [-0.4, -0.2) is 35.4 Å². The maximum absolute atomic E-state index is 12.6. The van der Waals surface area contributed by atoms with Crippen LogP contribution in [0.2, 0.25) is 0 Å². The Hall–Kier alpha value is -2.23. The van der Waals surface area contributed by atoms with Crippen molar-refractivity contribution in [1.82, 2.24) is 9.88 Å². The number of piperidine rings is 1. The average Bonchev–Trinajstić information content (AvgIpc) is 3.23. The number of nitriles is 1. The second-order valence-corrected chi connectivity index (χ2v) is 8.18. The molecule has 1 unspecified atom stereocenters. The molecule has 0 radical (unpaired) electrons. The molecule has 1 saturated heterocycles. The molecular weight excluding hydrogens is 344 g/mol. The summed E-state index contributed by atoms with van der Waals surface area (Å²) in [4.78, 5) is 20.1. The van der Waals surface area contributed by atoms with Gasteiger partial charge >= 0.3 is 0 Å². The fourth-order valence-corrected chi connectivity index (χ4v) is 5.34. The van der Waals surface area contributed by atoms with Crippen molar-refractivity contribution in [3.63, 3.8) is 0 Å². The van der Waals surface area contributed by atoms with Gasteiger partial charge in [0.1, 0.15) is 11.1 Å². The van der Waals surface area contributed by atoms with E-state index in [1.165, 1.54) is 10.4 Å². The van der Waals surface area contributed by atoms with E-state index in [-0.39, 0.29) is 5.91 Å². The van der Waals surface area contributed by atoms with Crippen molar-refractivity contribution < 1.29 is 4.79 Å². The van der Waals surface area contributed by atoms with Crippen LogP contribution < -0.4 is 5.32 Å². The van der Waals surface area contributed by atoms with E-state index < -0.39 is 0 Å². The minimum Gasteiger partial charge on any atom is -0.315 e. The van der Waals surface area contributed by atoms with Gasteiger partial charge in [-0.1, -0.05) is 0 Å². The van der Waals surface area contributed by atoms with Gasteiger partial charge in [-0.3, -0.25) is 14.7 Å². The van der Waals surface area contributed by atoms with Crippen molar-refractivity contribution in [2.24, 2.45) is 0 Å². The number of aryl methyl sites for hydroxylation is 1. The third-order valence-electron chi connectivity index (χ3n) is 5.34. The molecule has 2 aromatic heterocycles. The lowest BCUT2D eigenvalue weighted by molar-refractivity contribution is -0.117. The molecule has 26 heavy (non-hydrogen) atoms. The van der Waals surface area contributed by atoms with Crippen LogP contribution >= 0.6 is 11.3 Å². The Morgan fingerprint density at radius 1 is 1.35 bits per heavy atom. The molecular formula is C20H22N4OS. The molecule has 5 nitrogen and oxygen atoms in total. The Morgan fingerprint density at radius 2 is 2.19 bits per heavy atom. The second kappa shape index (κ2) is 7.56. The fraction of sp³-hybridized carbons (Fsp3) is 0.450. The van der Waals surface area contributed by atoms with Crippen LogP contribution in [0.5, 0.6) is 0 Å². The summed E-state index contributed by atoms with van der Waals surface area (Å²) in [5.74, 6) is 0.441. The van der Waals surface area contributed by atoms with Crippen LogP contribution in [0.15, 0.2) is 24.5 Å². The Labute approximate surface area is 157 Å². The van der Waals surface area contributed by atoms with Gasteiger partial charge in [0.2, 0.25) is 5.91 Å². The smallest absolute Gasteiger partial charge is 0.239 e. The first-order valence-corrected chi connectivity index (χ1v) is 10.0. The number of pyridine rings is 1. The van der Waals surface area contributed by atoms with Crippen molar-refractivity contribution in [3.05, 3.63) is 46.1 Å². The highest BCUT2D eigenvalue weighted by molar-refractivity contribution is 7.16. The van der Waals surface area contributed by atoms with Gasteiger partial charge in [-0.25, -0.2) is 0 Å². The number of likely N-dealkylation sites (tertiary alicyclic amines) is 1. The number of carbonyl (C=O) groups excluding carboxylic acids is 1. The summed E-state index contributed by atoms with van der Waals surface area (Å²) in [7, 11) is 0. The number of nitrogens with one attached hydrogen (secondary N) is 1. The summed E-state index contributed by atoms with van der Waals surface area (Å²) in [6.45, 7) is 2.22. The third-order valence-corrected chi connectivity index (χ3v) is 6.54. The SMILES string of the molecule is N#Cc1c(NC(=O)CN2CCCC(c3ccncc3)C2)sc2c1CCC2. The highest BCUT2D eigenvalue weighted by Crippen LogP contribution is 2.38. The summed E-state index contributed by atoms with van der Waals surface area (Å²) >= 11 is 1.58. The van der Waals surface area contributed by atoms with E-state index >= 15 is 0 Å². The zero-order chi connectivity index (χ0) is 17.9. The van der Waals surface area contributed by atoms with Crippen molar-refractivity contribution in [1.29, 1.82) is 5.26 Å². The monoisotopic (exact) mass is 366 g/mol. The number of carbonyl (C=O) groups is 1. The highest BCUT2D eigenvalue weighted by Gasteiger charge is 2.25. The van der Waals surface area contributed by atoms with Crippen LogP contribution in [0.25, 0.3) is 0 Å². The third kappa shape index (κ3) is 3.50. The van der Waals surface area contributed by atoms with E-state index in [9.17, 15) is 10.1 Å². The highest BCUT2D eigenvalue weighted by atomic mass is 32.1. The number of thiophene rings is 1. The van der Waals surface area contributed by atoms with Crippen LogP contribution in [0.3, 0.4) is 0 Å². The zero-order valence-corrected chi connectivity index (χ0v) is 15.5. The molecule has 1 amide bonds. The summed E-state index contributed by atoms with van der Waals surface area (Å²) in [5.41, 5.74) is 3.14. The van der Waals surface area contributed by atoms with E-state index in [0.29, 0.717) is 18.0 Å². The van der Waals surface area contributed by atoms with Gasteiger partial charge in [0.25, 0.3) is 0 Å². The molecule has 1 aliphatic heterocycles. The predicted octanol–water partition coefficient (Wildman–Crippen LogP) is 3.32. The molecule has 1 atom stereocenters. The fourth-order valence-electron chi connectivity index (χ4n) is 4.09. The lowest BCUT2D eigenvalue weighted by atomic mass is 9.91. The zero-order valence-electron chi connectivity index (χ0n) is 14.7. The van der Waals surface area contributed by atoms with Crippen molar-refractivity contribution in [2.75, 3.05) is 25.0 Å². The van der Waals surface area contributed by atoms with E-state index in [1.807, 2.05) is 12.4 Å². The Balaban J connectivity index is 1.39. The number of nitrogens with zero attached hydrogens (tertiary/aromatic N) is 3. The van der Waals surface area contributed by atoms with Gasteiger partial charge in [0.15, 0.2) is 0 Å². The number of rotatable bonds is 4. The average molecular weight is 366 g/mol. The van der Waals surface area contributed by atoms with Crippen molar-refractivity contribution in [2.45, 2.75) is 38.0 Å². The minimum absolute atomic E-state index is 0.0169. The topological polar surface area (TPSA) is 69.0 Å². The molecule has 0 bridgehead atoms. The minimum atomic E-state index is -0.0169. The molecule has 1 fully saturated rings. The molecule has 134 valence electrons. The normalized spacial score (nSPS) is 19.7. The van der Waals surface area contributed by atoms with Crippen LogP contribution in [0.4, 0.5) is 5.00 Å². The van der Waals surface area contributed by atoms with E-state index in [4.69, 9.17) is 0 Å². The van der Waals surface area contributed by atoms with Crippen molar-refractivity contribution >= 4 is 22.2 Å². The predicted molar refractivity (Wildman–Crippen MR) is 102 cm³/mol. The molecule has 0 spiro atoms. The molecule has 6 heteroatoms. The van der Waals surface area contributed by atoms with Gasteiger partial charge in [-0.2, -0.15) is 5.26 Å². The number of hydrogen-bond acceptors (Lipinski definition) is 5. The number of hydrogen-bond donors (Lipinski definition) is 1. The molecule has 3 heterocycles. The molecule has 0 aromatic carbocycles. The number of aromatic nitrogens is 1. The number of anilines is 1. The summed E-state index contributed by atoms with van der Waals surface area (Å²) in [5, 5.41) is 13.2. The van der Waals surface area contributed by atoms with Gasteiger partial charge in [0.05, 0.1) is 12.1 Å². The summed E-state index contributed by atoms with van der Waals surface area (Å²) < 4.78 is 0. The van der Waals surface area contributed by atoms with Crippen LogP contribution in [0.1, 0.15) is 46.7 Å². The van der Waals surface area contributed by atoms with E-state index in [2.05, 4.69) is 33.4 Å². The van der Waals surface area contributed by atoms with Gasteiger partial charge in [0, 0.05) is 23.8 Å². The molecule has 1 aliphatic carbocycles. The second-order valence-electron chi connectivity index (χ2n) is 7.08. The van der Waals surface area contributed by atoms with Crippen molar-refractivity contribution in [3.8, 4) is 6.07 Å². The maximum atomic E-state index is 12.6. The summed E-state index contributed by atoms with van der Waals surface area (Å²) in [6.07, 6.45) is 9.03. The van der Waals surface area contributed by atoms with Crippen LogP contribution in [-0.2, 0) is 17.6 Å². The Morgan fingerprint density at radius 3 is 3.00 bits per heavy atom. The van der Waals surface area contributed by atoms with E-state index in [0.717, 1.165) is 55.8 Å². The molecule has 2 aromatic rings. The number of fused-ring (bicyclic) bond motifs is 1. The first-order valence-electron chi connectivity index (χ1n) is 9.21. The van der Waals surface area contributed by atoms with E-state index in [1.54, 1.807) is 11.3 Å². The Kier molecular flexibility index (Phi) is 5.00. The van der Waals surface area contributed by atoms with Crippen LogP contribution in [0, 0.1) is 11.3 Å². The number of amides is 1. The van der Waals surface area contributed by atoms with Gasteiger partial charge < -0.3 is 5.32 Å². The Bertz CT molecular complexity index is 839. The molecule has 0 saturated carbocycles. The molecule has 4 rings (SSSR count). The van der Waals surface area contributed by atoms with Gasteiger partial charge in [-0.15, -0.1) is 11.3 Å². The largest absolute Gasteiger partial charge is 0.315 e. The quantitative estimate of drug-likeness (QED) is 0.901. The maximum Gasteiger partial charge on any atom is 0.239 e. The first kappa shape index (κ1) is 17.2. The lowest BCUT2D eigenvalue weighted by Gasteiger charge is -2.32. The molecule has 2 aliphatic rings. The van der Waals surface area contributed by atoms with Gasteiger partial charge in [-0.05, 0) is 67.8 Å². The first-order chi connectivity index (χ1) is 12.7. The molecule has 1 N–H and O–H groups in total. The lowest BCUT2D eigenvalue weighted by Crippen LogP contribution is -2.39. The summed E-state index contributed by atoms with van der Waals surface area (Å²) in [6, 6.07) is 6.43. The standard InChI is InChI=1S/C20H22N4OS/c21-11-17-16-4-1-5-18(16)26-20(17)23-19(25)13-24-10-2-3-15(12-24)14-6-8-22-9-7-14/h6-9,15H,1-5,10,12-13H2,(H,23,25).